The molecule has 1 amide bonds. The number of rotatable bonds is 4. The average Bonchev–Trinajstić information content (AvgIpc) is 2.34. The minimum Gasteiger partial charge on any atom is -0.460 e. The van der Waals surface area contributed by atoms with Gasteiger partial charge in [-0.05, 0) is 20.8 Å². The van der Waals surface area contributed by atoms with Gasteiger partial charge in [-0.25, -0.2) is 0 Å². The standard InChI is InChI=1S/C13H25N3O3/c1-13(2,3)19-12(18)10(9-14)8-11(17)16-6-4-15-5-7-16/h10,15H,4-9,14H2,1-3H3. The number of nitrogens with two attached hydrogens (primary N) is 1. The van der Waals surface area contributed by atoms with E-state index >= 15 is 0 Å². The van der Waals surface area contributed by atoms with Crippen LogP contribution in [0.3, 0.4) is 0 Å². The van der Waals surface area contributed by atoms with Crippen molar-refractivity contribution in [1.82, 2.24) is 10.2 Å². The average molecular weight is 271 g/mol. The second-order valence-corrected chi connectivity index (χ2v) is 5.80. The van der Waals surface area contributed by atoms with Gasteiger partial charge in [-0.1, -0.05) is 0 Å². The minimum atomic E-state index is -0.554. The second kappa shape index (κ2) is 6.86. The van der Waals surface area contributed by atoms with E-state index in [1.165, 1.54) is 0 Å². The molecule has 0 bridgehead atoms. The Morgan fingerprint density at radius 3 is 2.37 bits per heavy atom. The first-order chi connectivity index (χ1) is 8.83. The number of carbonyl (C=O) groups is 2. The van der Waals surface area contributed by atoms with E-state index in [9.17, 15) is 9.59 Å². The molecule has 1 fully saturated rings. The van der Waals surface area contributed by atoms with Crippen LogP contribution in [0.1, 0.15) is 27.2 Å². The number of piperazine rings is 1. The van der Waals surface area contributed by atoms with Gasteiger partial charge in [0.2, 0.25) is 5.91 Å². The van der Waals surface area contributed by atoms with Crippen molar-refractivity contribution in [3.05, 3.63) is 0 Å². The fraction of sp³-hybridized carbons (Fsp3) is 0.846. The summed E-state index contributed by atoms with van der Waals surface area (Å²) in [4.78, 5) is 25.8. The maximum absolute atomic E-state index is 12.1. The Labute approximate surface area is 114 Å². The summed E-state index contributed by atoms with van der Waals surface area (Å²) in [7, 11) is 0. The molecule has 6 heteroatoms. The van der Waals surface area contributed by atoms with Crippen LogP contribution in [0.5, 0.6) is 0 Å². The molecule has 1 saturated heterocycles. The van der Waals surface area contributed by atoms with Crippen LogP contribution in [-0.2, 0) is 14.3 Å². The van der Waals surface area contributed by atoms with Crippen molar-refractivity contribution in [2.24, 2.45) is 11.7 Å². The van der Waals surface area contributed by atoms with Crippen molar-refractivity contribution < 1.29 is 14.3 Å². The van der Waals surface area contributed by atoms with Gasteiger partial charge in [0.1, 0.15) is 5.60 Å². The van der Waals surface area contributed by atoms with Crippen molar-refractivity contribution in [1.29, 1.82) is 0 Å². The minimum absolute atomic E-state index is 0.0252. The highest BCUT2D eigenvalue weighted by Gasteiger charge is 2.28. The van der Waals surface area contributed by atoms with Crippen LogP contribution in [0.2, 0.25) is 0 Å². The summed E-state index contributed by atoms with van der Waals surface area (Å²) < 4.78 is 5.28. The van der Waals surface area contributed by atoms with Gasteiger partial charge in [-0.15, -0.1) is 0 Å². The number of esters is 1. The van der Waals surface area contributed by atoms with Gasteiger partial charge in [0.15, 0.2) is 0 Å². The Morgan fingerprint density at radius 2 is 1.89 bits per heavy atom. The topological polar surface area (TPSA) is 84.7 Å². The Kier molecular flexibility index (Phi) is 5.75. The molecule has 0 aromatic carbocycles. The molecule has 0 spiro atoms. The summed E-state index contributed by atoms with van der Waals surface area (Å²) in [5, 5.41) is 3.18. The SMILES string of the molecule is CC(C)(C)OC(=O)C(CN)CC(=O)N1CCNCC1. The molecule has 0 aromatic heterocycles. The summed E-state index contributed by atoms with van der Waals surface area (Å²) >= 11 is 0. The van der Waals surface area contributed by atoms with Crippen LogP contribution in [0, 0.1) is 5.92 Å². The molecule has 1 atom stereocenters. The van der Waals surface area contributed by atoms with Crippen molar-refractivity contribution in [3.8, 4) is 0 Å². The van der Waals surface area contributed by atoms with Gasteiger partial charge in [0, 0.05) is 39.1 Å². The molecule has 1 unspecified atom stereocenters. The molecule has 0 aliphatic carbocycles. The van der Waals surface area contributed by atoms with Crippen LogP contribution in [0.25, 0.3) is 0 Å². The lowest BCUT2D eigenvalue weighted by atomic mass is 10.0. The van der Waals surface area contributed by atoms with Crippen molar-refractivity contribution in [2.75, 3.05) is 32.7 Å². The summed E-state index contributed by atoms with van der Waals surface area (Å²) in [6.07, 6.45) is 0.130. The molecule has 6 nitrogen and oxygen atoms in total. The van der Waals surface area contributed by atoms with Gasteiger partial charge in [0.05, 0.1) is 5.92 Å². The number of ether oxygens (including phenoxy) is 1. The quantitative estimate of drug-likeness (QED) is 0.687. The first-order valence-electron chi connectivity index (χ1n) is 6.75. The number of carbonyl (C=O) groups excluding carboxylic acids is 2. The molecule has 0 aromatic rings. The third kappa shape index (κ3) is 5.57. The summed E-state index contributed by atoms with van der Waals surface area (Å²) in [6, 6.07) is 0. The van der Waals surface area contributed by atoms with Crippen molar-refractivity contribution in [3.63, 3.8) is 0 Å². The summed E-state index contributed by atoms with van der Waals surface area (Å²) in [5.74, 6) is -0.970. The van der Waals surface area contributed by atoms with E-state index in [1.54, 1.807) is 25.7 Å². The first kappa shape index (κ1) is 15.9. The zero-order valence-corrected chi connectivity index (χ0v) is 12.1. The van der Waals surface area contributed by atoms with E-state index in [0.717, 1.165) is 13.1 Å². The van der Waals surface area contributed by atoms with E-state index in [0.29, 0.717) is 13.1 Å². The Balaban J connectivity index is 2.51. The number of nitrogens with one attached hydrogen (secondary N) is 1. The van der Waals surface area contributed by atoms with Crippen LogP contribution < -0.4 is 11.1 Å². The van der Waals surface area contributed by atoms with Crippen LogP contribution in [0.15, 0.2) is 0 Å². The number of nitrogens with zero attached hydrogens (tertiary/aromatic N) is 1. The second-order valence-electron chi connectivity index (χ2n) is 5.80. The lowest BCUT2D eigenvalue weighted by Gasteiger charge is -2.29. The lowest BCUT2D eigenvalue weighted by Crippen LogP contribution is -2.47. The molecule has 1 aliphatic heterocycles. The molecule has 1 heterocycles. The fourth-order valence-corrected chi connectivity index (χ4v) is 1.90. The molecular weight excluding hydrogens is 246 g/mol. The number of hydrogen-bond acceptors (Lipinski definition) is 5. The maximum Gasteiger partial charge on any atom is 0.311 e. The maximum atomic E-state index is 12.1. The van der Waals surface area contributed by atoms with E-state index < -0.39 is 17.5 Å². The largest absolute Gasteiger partial charge is 0.460 e. The van der Waals surface area contributed by atoms with Crippen molar-refractivity contribution >= 4 is 11.9 Å². The van der Waals surface area contributed by atoms with Gasteiger partial charge < -0.3 is 20.7 Å². The zero-order valence-electron chi connectivity index (χ0n) is 12.1. The van der Waals surface area contributed by atoms with Gasteiger partial charge in [-0.2, -0.15) is 0 Å². The van der Waals surface area contributed by atoms with Crippen LogP contribution in [0.4, 0.5) is 0 Å². The molecule has 3 N–H and O–H groups in total. The summed E-state index contributed by atoms with van der Waals surface area (Å²) in [6.45, 7) is 8.50. The molecule has 0 saturated carbocycles. The predicted molar refractivity (Wildman–Crippen MR) is 72.5 cm³/mol. The van der Waals surface area contributed by atoms with E-state index in [4.69, 9.17) is 10.5 Å². The third-order valence-corrected chi connectivity index (χ3v) is 2.92. The highest BCUT2D eigenvalue weighted by molar-refractivity contribution is 5.83. The van der Waals surface area contributed by atoms with E-state index in [2.05, 4.69) is 5.32 Å². The highest BCUT2D eigenvalue weighted by atomic mass is 16.6. The molecule has 1 rings (SSSR count). The molecular formula is C13H25N3O3. The van der Waals surface area contributed by atoms with Crippen LogP contribution in [-0.4, -0.2) is 55.1 Å². The molecule has 19 heavy (non-hydrogen) atoms. The van der Waals surface area contributed by atoms with E-state index in [-0.39, 0.29) is 18.9 Å². The van der Waals surface area contributed by atoms with Crippen molar-refractivity contribution in [2.45, 2.75) is 32.8 Å². The third-order valence-electron chi connectivity index (χ3n) is 2.92. The Hall–Kier alpha value is -1.14. The normalized spacial score (nSPS) is 18.0. The van der Waals surface area contributed by atoms with Gasteiger partial charge in [0.25, 0.3) is 0 Å². The molecule has 110 valence electrons. The Bertz CT molecular complexity index is 320. The zero-order chi connectivity index (χ0) is 14.5. The molecule has 0 radical (unpaired) electrons. The predicted octanol–water partition coefficient (Wildman–Crippen LogP) is -0.275. The monoisotopic (exact) mass is 271 g/mol. The summed E-state index contributed by atoms with van der Waals surface area (Å²) in [5.41, 5.74) is 5.03. The van der Waals surface area contributed by atoms with Crippen LogP contribution >= 0.6 is 0 Å². The highest BCUT2D eigenvalue weighted by Crippen LogP contribution is 2.14. The van der Waals surface area contributed by atoms with Gasteiger partial charge in [-0.3, -0.25) is 9.59 Å². The van der Waals surface area contributed by atoms with E-state index in [1.807, 2.05) is 0 Å². The molecule has 1 aliphatic rings. The lowest BCUT2D eigenvalue weighted by molar-refractivity contribution is -0.161. The Morgan fingerprint density at radius 1 is 1.32 bits per heavy atom. The first-order valence-corrected chi connectivity index (χ1v) is 6.75. The smallest absolute Gasteiger partial charge is 0.311 e. The number of amides is 1. The fourth-order valence-electron chi connectivity index (χ4n) is 1.90. The van der Waals surface area contributed by atoms with Gasteiger partial charge >= 0.3 is 5.97 Å². The number of hydrogen-bond donors (Lipinski definition) is 2.